The molecule has 9 heteroatoms. The molecular weight excluding hydrogens is 483 g/mol. The number of ether oxygens (including phenoxy) is 1. The first-order valence-corrected chi connectivity index (χ1v) is 10.3. The van der Waals surface area contributed by atoms with Gasteiger partial charge in [0.25, 0.3) is 5.91 Å². The third-order valence-electron chi connectivity index (χ3n) is 4.44. The normalized spacial score (nSPS) is 16.1. The van der Waals surface area contributed by atoms with Gasteiger partial charge < -0.3 is 15.0 Å². The maximum absolute atomic E-state index is 12.3. The number of hydrogen-bond acceptors (Lipinski definition) is 4. The minimum Gasteiger partial charge on any atom is -0.455 e. The second-order valence-electron chi connectivity index (χ2n) is 6.62. The summed E-state index contributed by atoms with van der Waals surface area (Å²) in [4.78, 5) is 38.1. The second kappa shape index (κ2) is 9.15. The van der Waals surface area contributed by atoms with Crippen molar-refractivity contribution in [3.8, 4) is 0 Å². The van der Waals surface area contributed by atoms with Crippen LogP contribution in [0, 0.1) is 12.8 Å². The monoisotopic (exact) mass is 498 g/mol. The summed E-state index contributed by atoms with van der Waals surface area (Å²) < 4.78 is 6.03. The third kappa shape index (κ3) is 5.29. The standard InChI is InChI=1S/C20H17BrCl2N2O4/c1-11-6-14(3-4-15(11)21)24-18(26)10-29-20(28)12-7-19(27)25(9-12)17-8-13(22)2-5-16(17)23/h2-6,8,12H,7,9-10H2,1H3,(H,24,26)/t12-/m1/s1. The Balaban J connectivity index is 1.56. The lowest BCUT2D eigenvalue weighted by Gasteiger charge is -2.18. The van der Waals surface area contributed by atoms with E-state index in [4.69, 9.17) is 27.9 Å². The molecule has 1 N–H and O–H groups in total. The van der Waals surface area contributed by atoms with E-state index in [2.05, 4.69) is 21.2 Å². The topological polar surface area (TPSA) is 75.7 Å². The van der Waals surface area contributed by atoms with Crippen molar-refractivity contribution in [1.82, 2.24) is 0 Å². The zero-order valence-corrected chi connectivity index (χ0v) is 18.5. The first kappa shape index (κ1) is 21.6. The number of nitrogens with zero attached hydrogens (tertiary/aromatic N) is 1. The maximum Gasteiger partial charge on any atom is 0.311 e. The number of carbonyl (C=O) groups excluding carboxylic acids is 3. The van der Waals surface area contributed by atoms with Crippen LogP contribution < -0.4 is 10.2 Å². The van der Waals surface area contributed by atoms with E-state index in [1.165, 1.54) is 4.90 Å². The van der Waals surface area contributed by atoms with Gasteiger partial charge in [-0.05, 0) is 48.9 Å². The van der Waals surface area contributed by atoms with Gasteiger partial charge in [-0.25, -0.2) is 0 Å². The molecule has 29 heavy (non-hydrogen) atoms. The Morgan fingerprint density at radius 3 is 2.72 bits per heavy atom. The van der Waals surface area contributed by atoms with Gasteiger partial charge in [-0.1, -0.05) is 39.1 Å². The number of nitrogens with one attached hydrogen (secondary N) is 1. The highest BCUT2D eigenvalue weighted by Crippen LogP contribution is 2.33. The van der Waals surface area contributed by atoms with Crippen LogP contribution in [0.15, 0.2) is 40.9 Å². The molecule has 0 spiro atoms. The Morgan fingerprint density at radius 1 is 1.24 bits per heavy atom. The van der Waals surface area contributed by atoms with E-state index >= 15 is 0 Å². The number of esters is 1. The van der Waals surface area contributed by atoms with Gasteiger partial charge in [-0.2, -0.15) is 0 Å². The van der Waals surface area contributed by atoms with Crippen molar-refractivity contribution in [1.29, 1.82) is 0 Å². The predicted molar refractivity (Wildman–Crippen MR) is 115 cm³/mol. The molecule has 0 unspecified atom stereocenters. The van der Waals surface area contributed by atoms with Crippen molar-refractivity contribution in [2.75, 3.05) is 23.4 Å². The zero-order valence-electron chi connectivity index (χ0n) is 15.4. The van der Waals surface area contributed by atoms with Gasteiger partial charge in [0.05, 0.1) is 16.6 Å². The van der Waals surface area contributed by atoms with E-state index in [1.807, 2.05) is 13.0 Å². The van der Waals surface area contributed by atoms with Crippen molar-refractivity contribution >= 4 is 68.3 Å². The Morgan fingerprint density at radius 2 is 2.00 bits per heavy atom. The lowest BCUT2D eigenvalue weighted by molar-refractivity contribution is -0.151. The van der Waals surface area contributed by atoms with Crippen LogP contribution in [0.3, 0.4) is 0 Å². The largest absolute Gasteiger partial charge is 0.455 e. The number of anilines is 2. The number of benzene rings is 2. The molecule has 0 aromatic heterocycles. The molecule has 1 saturated heterocycles. The van der Waals surface area contributed by atoms with Crippen molar-refractivity contribution < 1.29 is 19.1 Å². The molecule has 0 aliphatic carbocycles. The summed E-state index contributed by atoms with van der Waals surface area (Å²) in [5.41, 5.74) is 2.01. The fourth-order valence-corrected chi connectivity index (χ4v) is 3.60. The molecule has 0 saturated carbocycles. The third-order valence-corrected chi connectivity index (χ3v) is 5.89. The molecule has 0 radical (unpaired) electrons. The van der Waals surface area contributed by atoms with Crippen molar-refractivity contribution in [2.45, 2.75) is 13.3 Å². The van der Waals surface area contributed by atoms with Gasteiger partial charge >= 0.3 is 5.97 Å². The number of carbonyl (C=O) groups is 3. The van der Waals surface area contributed by atoms with Crippen molar-refractivity contribution in [2.24, 2.45) is 5.92 Å². The van der Waals surface area contributed by atoms with E-state index in [-0.39, 0.29) is 18.9 Å². The van der Waals surface area contributed by atoms with Crippen molar-refractivity contribution in [3.63, 3.8) is 0 Å². The van der Waals surface area contributed by atoms with Gasteiger partial charge in [0.1, 0.15) is 0 Å². The Bertz CT molecular complexity index is 983. The molecule has 1 aliphatic heterocycles. The van der Waals surface area contributed by atoms with Gasteiger partial charge in [-0.3, -0.25) is 14.4 Å². The molecular formula is C20H17BrCl2N2O4. The fourth-order valence-electron chi connectivity index (χ4n) is 2.97. The molecule has 1 heterocycles. The molecule has 1 fully saturated rings. The SMILES string of the molecule is Cc1cc(NC(=O)COC(=O)[C@@H]2CC(=O)N(c3cc(Cl)ccc3Cl)C2)ccc1Br. The van der Waals surface area contributed by atoms with Crippen LogP contribution >= 0.6 is 39.1 Å². The Hall–Kier alpha value is -2.09. The number of rotatable bonds is 5. The molecule has 2 aromatic rings. The first-order chi connectivity index (χ1) is 13.7. The lowest BCUT2D eigenvalue weighted by atomic mass is 10.1. The summed E-state index contributed by atoms with van der Waals surface area (Å²) in [7, 11) is 0. The van der Waals surface area contributed by atoms with Crippen LogP contribution in [0.2, 0.25) is 10.0 Å². The minimum atomic E-state index is -0.680. The molecule has 6 nitrogen and oxygen atoms in total. The zero-order chi connectivity index (χ0) is 21.1. The van der Waals surface area contributed by atoms with Crippen LogP contribution in [-0.2, 0) is 19.1 Å². The predicted octanol–water partition coefficient (Wildman–Crippen LogP) is 4.60. The number of hydrogen-bond donors (Lipinski definition) is 1. The number of amides is 2. The van der Waals surface area contributed by atoms with Crippen LogP contribution in [0.25, 0.3) is 0 Å². The summed E-state index contributed by atoms with van der Waals surface area (Å²) in [5.74, 6) is -2.01. The highest BCUT2D eigenvalue weighted by molar-refractivity contribution is 9.10. The molecule has 2 aromatic carbocycles. The van der Waals surface area contributed by atoms with Crippen LogP contribution in [0.1, 0.15) is 12.0 Å². The lowest BCUT2D eigenvalue weighted by Crippen LogP contribution is -2.28. The van der Waals surface area contributed by atoms with Gasteiger partial charge in [0.15, 0.2) is 6.61 Å². The Kier molecular flexibility index (Phi) is 6.82. The van der Waals surface area contributed by atoms with E-state index < -0.39 is 24.4 Å². The van der Waals surface area contributed by atoms with E-state index in [1.54, 1.807) is 30.3 Å². The summed E-state index contributed by atoms with van der Waals surface area (Å²) in [6, 6.07) is 10.1. The average molecular weight is 500 g/mol. The second-order valence-corrected chi connectivity index (χ2v) is 8.32. The van der Waals surface area contributed by atoms with Crippen LogP contribution in [-0.4, -0.2) is 30.9 Å². The highest BCUT2D eigenvalue weighted by Gasteiger charge is 2.37. The fraction of sp³-hybridized carbons (Fsp3) is 0.250. The summed E-state index contributed by atoms with van der Waals surface area (Å²) in [6.45, 7) is 1.58. The molecule has 1 atom stereocenters. The van der Waals surface area contributed by atoms with E-state index in [0.717, 1.165) is 10.0 Å². The summed E-state index contributed by atoms with van der Waals surface area (Å²) >= 11 is 15.5. The van der Waals surface area contributed by atoms with Crippen molar-refractivity contribution in [3.05, 3.63) is 56.5 Å². The molecule has 152 valence electrons. The molecule has 0 bridgehead atoms. The highest BCUT2D eigenvalue weighted by atomic mass is 79.9. The average Bonchev–Trinajstić information content (AvgIpc) is 3.06. The first-order valence-electron chi connectivity index (χ1n) is 8.72. The molecule has 1 aliphatic rings. The van der Waals surface area contributed by atoms with Gasteiger partial charge in [-0.15, -0.1) is 0 Å². The Labute approximate surface area is 186 Å². The number of aryl methyl sites for hydroxylation is 1. The van der Waals surface area contributed by atoms with Gasteiger partial charge in [0, 0.05) is 28.1 Å². The molecule has 3 rings (SSSR count). The van der Waals surface area contributed by atoms with E-state index in [0.29, 0.717) is 21.4 Å². The molecule has 2 amide bonds. The summed E-state index contributed by atoms with van der Waals surface area (Å²) in [6.07, 6.45) is -0.0186. The minimum absolute atomic E-state index is 0.0186. The number of halogens is 3. The maximum atomic E-state index is 12.3. The quantitative estimate of drug-likeness (QED) is 0.610. The smallest absolute Gasteiger partial charge is 0.311 e. The van der Waals surface area contributed by atoms with Crippen LogP contribution in [0.4, 0.5) is 11.4 Å². The van der Waals surface area contributed by atoms with Gasteiger partial charge in [0.2, 0.25) is 5.91 Å². The summed E-state index contributed by atoms with van der Waals surface area (Å²) in [5, 5.41) is 3.46. The van der Waals surface area contributed by atoms with E-state index in [9.17, 15) is 14.4 Å². The van der Waals surface area contributed by atoms with Crippen LogP contribution in [0.5, 0.6) is 0 Å².